The predicted molar refractivity (Wildman–Crippen MR) is 79.3 cm³/mol. The zero-order chi connectivity index (χ0) is 12.5. The Morgan fingerprint density at radius 3 is 2.47 bits per heavy atom. The monoisotopic (exact) mass is 264 g/mol. The highest BCUT2D eigenvalue weighted by molar-refractivity contribution is 5.73. The van der Waals surface area contributed by atoms with Crippen LogP contribution in [0.4, 0.5) is 0 Å². The van der Waals surface area contributed by atoms with Gasteiger partial charge in [0, 0.05) is 0 Å². The zero-order valence-electron chi connectivity index (χ0n) is 12.7. The van der Waals surface area contributed by atoms with Crippen LogP contribution in [0.2, 0.25) is 0 Å². The molecular weight excluding hydrogens is 236 g/mol. The van der Waals surface area contributed by atoms with Crippen molar-refractivity contribution in [2.45, 2.75) is 58.5 Å². The summed E-state index contributed by atoms with van der Waals surface area (Å²) in [6, 6.07) is 0. The minimum atomic E-state index is -0.353. The Balaban J connectivity index is 0.00000162. The van der Waals surface area contributed by atoms with Crippen LogP contribution < -0.4 is 0 Å². The molecule has 1 fully saturated rings. The highest BCUT2D eigenvalue weighted by Crippen LogP contribution is 2.41. The summed E-state index contributed by atoms with van der Waals surface area (Å²) < 4.78 is 5.56. The molecule has 0 aromatic carbocycles. The quantitative estimate of drug-likeness (QED) is 0.519. The first kappa shape index (κ1) is 18.2. The van der Waals surface area contributed by atoms with Crippen LogP contribution in [0.3, 0.4) is 0 Å². The maximum absolute atomic E-state index is 12.2. The summed E-state index contributed by atoms with van der Waals surface area (Å²) in [5.74, 6) is 1.32. The molecule has 0 aromatic rings. The molecule has 1 saturated carbocycles. The second kappa shape index (κ2) is 7.12. The maximum Gasteiger partial charge on any atom is 0.309 e. The van der Waals surface area contributed by atoms with Gasteiger partial charge in [-0.3, -0.25) is 4.79 Å². The van der Waals surface area contributed by atoms with Crippen molar-refractivity contribution >= 4 is 5.97 Å². The van der Waals surface area contributed by atoms with Gasteiger partial charge < -0.3 is 4.74 Å². The fourth-order valence-electron chi connectivity index (χ4n) is 3.18. The van der Waals surface area contributed by atoms with Gasteiger partial charge in [0.1, 0.15) is 5.60 Å². The summed E-state index contributed by atoms with van der Waals surface area (Å²) in [7, 11) is 0. The van der Waals surface area contributed by atoms with Crippen molar-refractivity contribution in [2.75, 3.05) is 0 Å². The third-order valence-corrected chi connectivity index (χ3v) is 3.88. The summed E-state index contributed by atoms with van der Waals surface area (Å²) in [5, 5.41) is 0. The van der Waals surface area contributed by atoms with E-state index in [-0.39, 0.29) is 32.3 Å². The average molecular weight is 264 g/mol. The third kappa shape index (κ3) is 4.67. The lowest BCUT2D eigenvalue weighted by Crippen LogP contribution is -2.38. The van der Waals surface area contributed by atoms with Crippen molar-refractivity contribution in [3.8, 4) is 0 Å². The van der Waals surface area contributed by atoms with Gasteiger partial charge in [0.2, 0.25) is 0 Å². The molecule has 2 heteroatoms. The molecule has 2 rings (SSSR count). The number of hydrogen-bond donors (Lipinski definition) is 0. The number of carbonyl (C=O) groups is 1. The van der Waals surface area contributed by atoms with Crippen molar-refractivity contribution in [2.24, 2.45) is 17.8 Å². The van der Waals surface area contributed by atoms with Gasteiger partial charge in [-0.15, -0.1) is 0 Å². The highest BCUT2D eigenvalue weighted by Gasteiger charge is 2.38. The van der Waals surface area contributed by atoms with E-state index < -0.39 is 0 Å². The molecule has 0 aliphatic heterocycles. The SMILES string of the molecule is CC(C)(C)OC(=O)C1CCCC2C=CCCC21.[CH2].[CH2]. The number of rotatable bonds is 1. The summed E-state index contributed by atoms with van der Waals surface area (Å²) in [4.78, 5) is 12.2. The molecule has 2 aliphatic rings. The zero-order valence-corrected chi connectivity index (χ0v) is 12.7. The number of allylic oxidation sites excluding steroid dienone is 2. The third-order valence-electron chi connectivity index (χ3n) is 3.88. The van der Waals surface area contributed by atoms with E-state index in [0.717, 1.165) is 25.7 Å². The van der Waals surface area contributed by atoms with E-state index in [1.807, 2.05) is 20.8 Å². The molecule has 0 aromatic heterocycles. The van der Waals surface area contributed by atoms with Crippen LogP contribution in [0, 0.1) is 32.6 Å². The Hall–Kier alpha value is -0.790. The van der Waals surface area contributed by atoms with E-state index in [2.05, 4.69) is 12.2 Å². The minimum absolute atomic E-state index is 0. The number of ether oxygens (including phenoxy) is 1. The van der Waals surface area contributed by atoms with Gasteiger partial charge in [0.25, 0.3) is 0 Å². The minimum Gasteiger partial charge on any atom is -0.460 e. The molecule has 3 atom stereocenters. The summed E-state index contributed by atoms with van der Waals surface area (Å²) in [5.41, 5.74) is -0.353. The Morgan fingerprint density at radius 1 is 1.16 bits per heavy atom. The van der Waals surface area contributed by atoms with Gasteiger partial charge in [-0.05, 0) is 58.3 Å². The van der Waals surface area contributed by atoms with Gasteiger partial charge in [-0.2, -0.15) is 0 Å². The van der Waals surface area contributed by atoms with Gasteiger partial charge in [0.05, 0.1) is 5.92 Å². The van der Waals surface area contributed by atoms with Crippen LogP contribution in [0.5, 0.6) is 0 Å². The summed E-state index contributed by atoms with van der Waals surface area (Å²) in [6.45, 7) is 5.85. The Morgan fingerprint density at radius 2 is 1.84 bits per heavy atom. The molecule has 108 valence electrons. The van der Waals surface area contributed by atoms with Crippen LogP contribution in [-0.2, 0) is 9.53 Å². The number of hydrogen-bond acceptors (Lipinski definition) is 2. The smallest absolute Gasteiger partial charge is 0.309 e. The predicted octanol–water partition coefficient (Wildman–Crippen LogP) is 4.37. The molecule has 0 N–H and O–H groups in total. The summed E-state index contributed by atoms with van der Waals surface area (Å²) >= 11 is 0. The lowest BCUT2D eigenvalue weighted by molar-refractivity contribution is -0.164. The number of carbonyl (C=O) groups excluding carboxylic acids is 1. The topological polar surface area (TPSA) is 26.3 Å². The normalized spacial score (nSPS) is 29.5. The lowest BCUT2D eigenvalue weighted by Gasteiger charge is -2.38. The number of fused-ring (bicyclic) bond motifs is 1. The van der Waals surface area contributed by atoms with E-state index in [1.165, 1.54) is 6.42 Å². The molecular formula is C17H28O2. The Bertz CT molecular complexity index is 312. The second-order valence-corrected chi connectivity index (χ2v) is 6.40. The van der Waals surface area contributed by atoms with E-state index in [4.69, 9.17) is 4.74 Å². The van der Waals surface area contributed by atoms with Crippen LogP contribution in [-0.4, -0.2) is 11.6 Å². The Labute approximate surface area is 119 Å². The standard InChI is InChI=1S/C15H24O2.2CH2/c1-15(2,3)17-14(16)13-10-6-8-11-7-4-5-9-12(11)13;;/h4,7,11-13H,5-6,8-10H2,1-3H3;2*1H2. The molecule has 0 bridgehead atoms. The fraction of sp³-hybridized carbons (Fsp3) is 0.706. The highest BCUT2D eigenvalue weighted by atomic mass is 16.6. The molecule has 0 saturated heterocycles. The largest absolute Gasteiger partial charge is 0.460 e. The molecule has 0 amide bonds. The first-order valence-electron chi connectivity index (χ1n) is 6.87. The Kier molecular flexibility index (Phi) is 6.82. The number of esters is 1. The van der Waals surface area contributed by atoms with E-state index >= 15 is 0 Å². The van der Waals surface area contributed by atoms with Crippen molar-refractivity contribution in [1.29, 1.82) is 0 Å². The van der Waals surface area contributed by atoms with Crippen LogP contribution in [0.25, 0.3) is 0 Å². The van der Waals surface area contributed by atoms with Gasteiger partial charge in [-0.25, -0.2) is 0 Å². The van der Waals surface area contributed by atoms with E-state index in [0.29, 0.717) is 11.8 Å². The van der Waals surface area contributed by atoms with Gasteiger partial charge >= 0.3 is 5.97 Å². The second-order valence-electron chi connectivity index (χ2n) is 6.40. The van der Waals surface area contributed by atoms with Gasteiger partial charge in [0.15, 0.2) is 0 Å². The van der Waals surface area contributed by atoms with Crippen LogP contribution in [0.1, 0.15) is 52.9 Å². The average Bonchev–Trinajstić information content (AvgIpc) is 2.26. The molecule has 2 aliphatic carbocycles. The van der Waals surface area contributed by atoms with E-state index in [9.17, 15) is 4.79 Å². The van der Waals surface area contributed by atoms with Crippen LogP contribution in [0.15, 0.2) is 12.2 Å². The van der Waals surface area contributed by atoms with Crippen molar-refractivity contribution < 1.29 is 9.53 Å². The van der Waals surface area contributed by atoms with Gasteiger partial charge in [-0.1, -0.05) is 33.4 Å². The lowest BCUT2D eigenvalue weighted by atomic mass is 9.68. The van der Waals surface area contributed by atoms with E-state index in [1.54, 1.807) is 0 Å². The van der Waals surface area contributed by atoms with Crippen molar-refractivity contribution in [1.82, 2.24) is 0 Å². The molecule has 3 unspecified atom stereocenters. The molecule has 0 spiro atoms. The fourth-order valence-corrected chi connectivity index (χ4v) is 3.18. The first-order chi connectivity index (χ1) is 7.97. The molecule has 2 nitrogen and oxygen atoms in total. The molecule has 4 radical (unpaired) electrons. The summed E-state index contributed by atoms with van der Waals surface area (Å²) in [6.07, 6.45) is 10.3. The molecule has 0 heterocycles. The van der Waals surface area contributed by atoms with Crippen molar-refractivity contribution in [3.63, 3.8) is 0 Å². The first-order valence-corrected chi connectivity index (χ1v) is 6.87. The van der Waals surface area contributed by atoms with Crippen LogP contribution >= 0.6 is 0 Å². The molecule has 19 heavy (non-hydrogen) atoms. The maximum atomic E-state index is 12.2. The van der Waals surface area contributed by atoms with Crippen molar-refractivity contribution in [3.05, 3.63) is 27.0 Å².